The van der Waals surface area contributed by atoms with Crippen LogP contribution in [0, 0.1) is 0 Å². The van der Waals surface area contributed by atoms with E-state index in [1.807, 2.05) is 36.4 Å². The van der Waals surface area contributed by atoms with Crippen molar-refractivity contribution in [3.63, 3.8) is 0 Å². The quantitative estimate of drug-likeness (QED) is 0.176. The van der Waals surface area contributed by atoms with E-state index in [-0.39, 0.29) is 0 Å². The molecule has 2 nitrogen and oxygen atoms in total. The van der Waals surface area contributed by atoms with Crippen LogP contribution in [-0.4, -0.2) is 0 Å². The van der Waals surface area contributed by atoms with Crippen molar-refractivity contribution in [2.24, 2.45) is 0 Å². The van der Waals surface area contributed by atoms with Crippen LogP contribution in [-0.2, 0) is 0 Å². The second-order valence-electron chi connectivity index (χ2n) is 13.2. The highest BCUT2D eigenvalue weighted by atomic mass is 16.3. The summed E-state index contributed by atoms with van der Waals surface area (Å²) in [4.78, 5) is 2.29. The van der Waals surface area contributed by atoms with E-state index in [1.165, 1.54) is 16.3 Å². The van der Waals surface area contributed by atoms with Crippen molar-refractivity contribution in [2.45, 2.75) is 0 Å². The first kappa shape index (κ1) is 27.9. The molecule has 1 heterocycles. The minimum absolute atomic E-state index is 0.398. The molecule has 0 aliphatic rings. The minimum Gasteiger partial charge on any atom is -0.456 e. The van der Waals surface area contributed by atoms with Gasteiger partial charge in [0.15, 0.2) is 0 Å². The summed E-state index contributed by atoms with van der Waals surface area (Å²) in [6.45, 7) is 0. The maximum absolute atomic E-state index is 9.48. The summed E-state index contributed by atoms with van der Waals surface area (Å²) in [6.07, 6.45) is 0. The van der Waals surface area contributed by atoms with Crippen LogP contribution in [0.4, 0.5) is 17.1 Å². The van der Waals surface area contributed by atoms with Gasteiger partial charge in [0.2, 0.25) is 0 Å². The highest BCUT2D eigenvalue weighted by Gasteiger charge is 2.16. The van der Waals surface area contributed by atoms with Gasteiger partial charge in [-0.25, -0.2) is 0 Å². The second-order valence-corrected chi connectivity index (χ2v) is 13.2. The molecule has 0 saturated carbocycles. The van der Waals surface area contributed by atoms with Crippen LogP contribution >= 0.6 is 0 Å². The minimum atomic E-state index is 0.398. The third kappa shape index (κ3) is 5.30. The molecular formula is C50H33NO. The summed E-state index contributed by atoms with van der Waals surface area (Å²) >= 11 is 0. The van der Waals surface area contributed by atoms with Crippen molar-refractivity contribution in [1.29, 1.82) is 0 Å². The first-order chi connectivity index (χ1) is 26.6. The van der Waals surface area contributed by atoms with E-state index in [9.17, 15) is 1.37 Å². The highest BCUT2D eigenvalue weighted by molar-refractivity contribution is 6.19. The molecule has 0 radical (unpaired) electrons. The van der Waals surface area contributed by atoms with E-state index >= 15 is 0 Å². The zero-order chi connectivity index (χ0) is 36.2. The summed E-state index contributed by atoms with van der Waals surface area (Å²) in [5, 5.41) is 5.79. The van der Waals surface area contributed by atoms with Gasteiger partial charge in [-0.2, -0.15) is 0 Å². The van der Waals surface area contributed by atoms with Crippen molar-refractivity contribution in [2.75, 3.05) is 4.90 Å². The predicted octanol–water partition coefficient (Wildman–Crippen LogP) is 14.4. The lowest BCUT2D eigenvalue weighted by Gasteiger charge is -2.26. The van der Waals surface area contributed by atoms with Gasteiger partial charge >= 0.3 is 0 Å². The van der Waals surface area contributed by atoms with E-state index in [0.717, 1.165) is 66.4 Å². The lowest BCUT2D eigenvalue weighted by Crippen LogP contribution is -2.10. The van der Waals surface area contributed by atoms with E-state index in [0.29, 0.717) is 23.3 Å². The topological polar surface area (TPSA) is 16.4 Å². The second kappa shape index (κ2) is 12.5. The predicted molar refractivity (Wildman–Crippen MR) is 220 cm³/mol. The first-order valence-electron chi connectivity index (χ1n) is 18.6. The molecule has 0 N–H and O–H groups in total. The maximum Gasteiger partial charge on any atom is 0.136 e. The SMILES string of the molecule is [2H]c1c(-c2ccc(N(c3ccc(-c4ccc5ccccc5c4)cc3)c3cccc(-c4ccccc4)c3)cc2)ccc2ccc3oc4cccc([2H])c4c3c12. The van der Waals surface area contributed by atoms with E-state index in [2.05, 4.69) is 150 Å². The normalized spacial score (nSPS) is 12.0. The summed E-state index contributed by atoms with van der Waals surface area (Å²) in [7, 11) is 0. The number of fused-ring (bicyclic) bond motifs is 6. The summed E-state index contributed by atoms with van der Waals surface area (Å²) in [5.41, 5.74) is 10.9. The molecule has 1 aromatic heterocycles. The zero-order valence-electron chi connectivity index (χ0n) is 30.3. The Hall–Kier alpha value is -6.90. The summed E-state index contributed by atoms with van der Waals surface area (Å²) in [6, 6.07) is 65.9. The fourth-order valence-corrected chi connectivity index (χ4v) is 7.41. The number of hydrogen-bond donors (Lipinski definition) is 0. The fourth-order valence-electron chi connectivity index (χ4n) is 7.41. The van der Waals surface area contributed by atoms with Gasteiger partial charge in [-0.05, 0) is 116 Å². The van der Waals surface area contributed by atoms with Crippen molar-refractivity contribution in [3.05, 3.63) is 200 Å². The Kier molecular flexibility index (Phi) is 6.68. The Bertz CT molecular complexity index is 3000. The Balaban J connectivity index is 1.07. The molecule has 10 rings (SSSR count). The van der Waals surface area contributed by atoms with E-state index in [4.69, 9.17) is 5.79 Å². The molecule has 0 aliphatic carbocycles. The summed E-state index contributed by atoms with van der Waals surface area (Å²) in [5.74, 6) is 0. The third-order valence-electron chi connectivity index (χ3n) is 10.0. The van der Waals surface area contributed by atoms with Gasteiger partial charge in [-0.15, -0.1) is 0 Å². The number of furan rings is 1. The molecular weight excluding hydrogens is 631 g/mol. The Labute approximate surface area is 305 Å². The molecule has 0 amide bonds. The maximum atomic E-state index is 9.48. The Morgan fingerprint density at radius 3 is 1.77 bits per heavy atom. The molecule has 10 aromatic rings. The largest absolute Gasteiger partial charge is 0.456 e. The number of anilines is 3. The number of rotatable bonds is 6. The van der Waals surface area contributed by atoms with E-state index in [1.54, 1.807) is 6.07 Å². The van der Waals surface area contributed by atoms with Gasteiger partial charge in [0.05, 0.1) is 2.74 Å². The monoisotopic (exact) mass is 665 g/mol. The number of nitrogens with zero attached hydrogens (tertiary/aromatic N) is 1. The smallest absolute Gasteiger partial charge is 0.136 e. The fraction of sp³-hybridized carbons (Fsp3) is 0. The lowest BCUT2D eigenvalue weighted by molar-refractivity contribution is 0.669. The van der Waals surface area contributed by atoms with Crippen LogP contribution in [0.2, 0.25) is 0 Å². The zero-order valence-corrected chi connectivity index (χ0v) is 28.3. The van der Waals surface area contributed by atoms with Gasteiger partial charge in [0, 0.05) is 27.8 Å². The van der Waals surface area contributed by atoms with Crippen LogP contribution in [0.1, 0.15) is 2.74 Å². The van der Waals surface area contributed by atoms with Crippen LogP contribution in [0.25, 0.3) is 76.9 Å². The van der Waals surface area contributed by atoms with E-state index < -0.39 is 0 Å². The molecule has 2 heteroatoms. The van der Waals surface area contributed by atoms with Gasteiger partial charge in [-0.1, -0.05) is 140 Å². The van der Waals surface area contributed by atoms with Crippen molar-refractivity contribution < 1.29 is 7.16 Å². The molecule has 9 aromatic carbocycles. The van der Waals surface area contributed by atoms with Gasteiger partial charge < -0.3 is 9.32 Å². The molecule has 0 aliphatic heterocycles. The number of hydrogen-bond acceptors (Lipinski definition) is 2. The lowest BCUT2D eigenvalue weighted by atomic mass is 9.97. The van der Waals surface area contributed by atoms with Crippen molar-refractivity contribution in [3.8, 4) is 33.4 Å². The van der Waals surface area contributed by atoms with Gasteiger partial charge in [0.1, 0.15) is 11.2 Å². The number of para-hydroxylation sites is 1. The standard InChI is InChI=1S/C50H33NO/c1-2-9-34(10-3-1)40-13-8-14-45(32-40)51(43-26-21-36(22-27-43)41-19-17-35-11-4-5-12-39(35)31-41)44-28-23-37(24-29-44)42-20-18-38-25-30-49-50(47(38)33-42)46-15-6-7-16-48(46)52-49/h1-33H/i15D,33D. The molecule has 0 saturated heterocycles. The molecule has 0 bridgehead atoms. The average molecular weight is 666 g/mol. The molecule has 0 fully saturated rings. The average Bonchev–Trinajstić information content (AvgIpc) is 3.62. The van der Waals surface area contributed by atoms with Crippen LogP contribution < -0.4 is 4.90 Å². The molecule has 0 unspecified atom stereocenters. The Morgan fingerprint density at radius 1 is 0.365 bits per heavy atom. The molecule has 52 heavy (non-hydrogen) atoms. The molecule has 244 valence electrons. The highest BCUT2D eigenvalue weighted by Crippen LogP contribution is 2.40. The van der Waals surface area contributed by atoms with Crippen LogP contribution in [0.3, 0.4) is 0 Å². The van der Waals surface area contributed by atoms with Gasteiger partial charge in [0.25, 0.3) is 0 Å². The van der Waals surface area contributed by atoms with Crippen molar-refractivity contribution >= 4 is 60.5 Å². The number of benzene rings is 9. The van der Waals surface area contributed by atoms with Crippen LogP contribution in [0.5, 0.6) is 0 Å². The molecule has 0 atom stereocenters. The first-order valence-corrected chi connectivity index (χ1v) is 17.6. The van der Waals surface area contributed by atoms with Crippen LogP contribution in [0.15, 0.2) is 205 Å². The Morgan fingerprint density at radius 2 is 0.962 bits per heavy atom. The third-order valence-corrected chi connectivity index (χ3v) is 10.0. The molecule has 0 spiro atoms. The van der Waals surface area contributed by atoms with Gasteiger partial charge in [-0.3, -0.25) is 0 Å². The summed E-state index contributed by atoms with van der Waals surface area (Å²) < 4.78 is 24.3. The van der Waals surface area contributed by atoms with Crippen molar-refractivity contribution in [1.82, 2.24) is 0 Å².